The highest BCUT2D eigenvalue weighted by molar-refractivity contribution is 4.92. The van der Waals surface area contributed by atoms with Crippen LogP contribution in [0, 0.1) is 11.8 Å². The Bertz CT molecular complexity index is 253. The van der Waals surface area contributed by atoms with Crippen LogP contribution in [0.5, 0.6) is 0 Å². The van der Waals surface area contributed by atoms with Crippen molar-refractivity contribution in [2.24, 2.45) is 17.6 Å². The van der Waals surface area contributed by atoms with Crippen molar-refractivity contribution >= 4 is 0 Å². The fraction of sp³-hybridized carbons (Fsp3) is 1.00. The molecule has 1 aliphatic heterocycles. The van der Waals surface area contributed by atoms with Gasteiger partial charge >= 0.3 is 0 Å². The van der Waals surface area contributed by atoms with Crippen LogP contribution in [0.2, 0.25) is 0 Å². The van der Waals surface area contributed by atoms with Crippen LogP contribution in [0.4, 0.5) is 0 Å². The van der Waals surface area contributed by atoms with Crippen LogP contribution in [0.15, 0.2) is 0 Å². The molecular formula is C15H28N2. The van der Waals surface area contributed by atoms with E-state index in [1.807, 2.05) is 0 Å². The summed E-state index contributed by atoms with van der Waals surface area (Å²) in [5.74, 6) is 1.83. The van der Waals surface area contributed by atoms with Crippen LogP contribution >= 0.6 is 0 Å². The molecule has 3 rings (SSSR count). The highest BCUT2D eigenvalue weighted by atomic mass is 15.2. The van der Waals surface area contributed by atoms with E-state index in [0.717, 1.165) is 17.9 Å². The van der Waals surface area contributed by atoms with Crippen LogP contribution in [0.3, 0.4) is 0 Å². The van der Waals surface area contributed by atoms with Gasteiger partial charge in [-0.15, -0.1) is 0 Å². The summed E-state index contributed by atoms with van der Waals surface area (Å²) >= 11 is 0. The second-order valence-electron chi connectivity index (χ2n) is 6.60. The zero-order valence-electron chi connectivity index (χ0n) is 11.1. The standard InChI is InChI=1S/C15H28N2/c16-14-7-3-1-6-13(14)11-17-10-9-12-5-2-4-8-15(12)17/h12-15H,1-11,16H2. The number of fused-ring (bicyclic) bond motifs is 1. The number of likely N-dealkylation sites (tertiary alicyclic amines) is 1. The van der Waals surface area contributed by atoms with Crippen molar-refractivity contribution in [1.82, 2.24) is 4.90 Å². The highest BCUT2D eigenvalue weighted by Gasteiger charge is 2.37. The van der Waals surface area contributed by atoms with Crippen molar-refractivity contribution in [2.45, 2.75) is 69.9 Å². The summed E-state index contributed by atoms with van der Waals surface area (Å²) in [5, 5.41) is 0. The number of hydrogen-bond acceptors (Lipinski definition) is 2. The van der Waals surface area contributed by atoms with Crippen LogP contribution in [0.1, 0.15) is 57.8 Å². The molecule has 98 valence electrons. The van der Waals surface area contributed by atoms with E-state index in [-0.39, 0.29) is 0 Å². The first-order valence-corrected chi connectivity index (χ1v) is 7.84. The predicted octanol–water partition coefficient (Wildman–Crippen LogP) is 2.77. The molecule has 2 N–H and O–H groups in total. The second-order valence-corrected chi connectivity index (χ2v) is 6.60. The number of nitrogens with two attached hydrogens (primary N) is 1. The second kappa shape index (κ2) is 5.27. The van der Waals surface area contributed by atoms with Crippen molar-refractivity contribution in [3.05, 3.63) is 0 Å². The van der Waals surface area contributed by atoms with Crippen molar-refractivity contribution < 1.29 is 0 Å². The summed E-state index contributed by atoms with van der Waals surface area (Å²) in [7, 11) is 0. The molecule has 0 aromatic heterocycles. The van der Waals surface area contributed by atoms with Gasteiger partial charge in [0, 0.05) is 18.6 Å². The van der Waals surface area contributed by atoms with E-state index >= 15 is 0 Å². The Hall–Kier alpha value is -0.0800. The quantitative estimate of drug-likeness (QED) is 0.799. The van der Waals surface area contributed by atoms with E-state index in [2.05, 4.69) is 4.90 Å². The molecule has 0 radical (unpaired) electrons. The molecule has 0 aromatic carbocycles. The summed E-state index contributed by atoms with van der Waals surface area (Å²) in [6.07, 6.45) is 12.8. The predicted molar refractivity (Wildman–Crippen MR) is 71.9 cm³/mol. The van der Waals surface area contributed by atoms with Crippen LogP contribution < -0.4 is 5.73 Å². The molecule has 0 amide bonds. The van der Waals surface area contributed by atoms with Gasteiger partial charge in [-0.05, 0) is 50.5 Å². The Kier molecular flexibility index (Phi) is 3.72. The van der Waals surface area contributed by atoms with Gasteiger partial charge in [-0.25, -0.2) is 0 Å². The minimum absolute atomic E-state index is 0.492. The fourth-order valence-electron chi connectivity index (χ4n) is 4.49. The maximum atomic E-state index is 6.30. The lowest BCUT2D eigenvalue weighted by Crippen LogP contribution is -2.44. The maximum Gasteiger partial charge on any atom is 0.0124 e. The molecule has 3 aliphatic rings. The van der Waals surface area contributed by atoms with Crippen LogP contribution in [-0.2, 0) is 0 Å². The van der Waals surface area contributed by atoms with Gasteiger partial charge in [0.15, 0.2) is 0 Å². The third-order valence-electron chi connectivity index (χ3n) is 5.56. The molecule has 2 aliphatic carbocycles. The first kappa shape index (κ1) is 12.0. The molecular weight excluding hydrogens is 208 g/mol. The lowest BCUT2D eigenvalue weighted by molar-refractivity contribution is 0.137. The molecule has 2 saturated carbocycles. The number of hydrogen-bond donors (Lipinski definition) is 1. The Balaban J connectivity index is 1.57. The van der Waals surface area contributed by atoms with Crippen molar-refractivity contribution in [3.8, 4) is 0 Å². The molecule has 4 atom stereocenters. The fourth-order valence-corrected chi connectivity index (χ4v) is 4.49. The normalized spacial score (nSPS) is 43.6. The van der Waals surface area contributed by atoms with Crippen molar-refractivity contribution in [2.75, 3.05) is 13.1 Å². The Morgan fingerprint density at radius 1 is 0.882 bits per heavy atom. The molecule has 1 saturated heterocycles. The Morgan fingerprint density at radius 2 is 1.65 bits per heavy atom. The molecule has 2 nitrogen and oxygen atoms in total. The molecule has 4 unspecified atom stereocenters. The van der Waals surface area contributed by atoms with E-state index in [4.69, 9.17) is 5.73 Å². The summed E-state index contributed by atoms with van der Waals surface area (Å²) in [6.45, 7) is 2.67. The summed E-state index contributed by atoms with van der Waals surface area (Å²) in [5.41, 5.74) is 6.30. The van der Waals surface area contributed by atoms with Gasteiger partial charge < -0.3 is 5.73 Å². The van der Waals surface area contributed by atoms with Gasteiger partial charge in [0.1, 0.15) is 0 Å². The molecule has 3 fully saturated rings. The van der Waals surface area contributed by atoms with E-state index in [1.165, 1.54) is 70.9 Å². The number of nitrogens with zero attached hydrogens (tertiary/aromatic N) is 1. The lowest BCUT2D eigenvalue weighted by Gasteiger charge is -2.37. The summed E-state index contributed by atoms with van der Waals surface area (Å²) in [4.78, 5) is 2.81. The van der Waals surface area contributed by atoms with Gasteiger partial charge in [0.2, 0.25) is 0 Å². The minimum Gasteiger partial charge on any atom is -0.327 e. The molecule has 0 spiro atoms. The van der Waals surface area contributed by atoms with Gasteiger partial charge in [0.05, 0.1) is 0 Å². The lowest BCUT2D eigenvalue weighted by atomic mass is 9.83. The average molecular weight is 236 g/mol. The van der Waals surface area contributed by atoms with Gasteiger partial charge in [-0.1, -0.05) is 25.7 Å². The number of rotatable bonds is 2. The SMILES string of the molecule is NC1CCCCC1CN1CCC2CCCCC21. The maximum absolute atomic E-state index is 6.30. The molecule has 0 aromatic rings. The molecule has 0 bridgehead atoms. The van der Waals surface area contributed by atoms with E-state index in [0.29, 0.717) is 6.04 Å². The third kappa shape index (κ3) is 2.53. The Morgan fingerprint density at radius 3 is 2.53 bits per heavy atom. The van der Waals surface area contributed by atoms with E-state index in [1.54, 1.807) is 0 Å². The van der Waals surface area contributed by atoms with Gasteiger partial charge in [-0.3, -0.25) is 4.90 Å². The molecule has 17 heavy (non-hydrogen) atoms. The van der Waals surface area contributed by atoms with E-state index in [9.17, 15) is 0 Å². The Labute approximate surface area is 106 Å². The summed E-state index contributed by atoms with van der Waals surface area (Å²) < 4.78 is 0. The van der Waals surface area contributed by atoms with Crippen molar-refractivity contribution in [1.29, 1.82) is 0 Å². The highest BCUT2D eigenvalue weighted by Crippen LogP contribution is 2.37. The van der Waals surface area contributed by atoms with Gasteiger partial charge in [-0.2, -0.15) is 0 Å². The van der Waals surface area contributed by atoms with E-state index < -0.39 is 0 Å². The average Bonchev–Trinajstić information content (AvgIpc) is 2.76. The largest absolute Gasteiger partial charge is 0.327 e. The van der Waals surface area contributed by atoms with Crippen LogP contribution in [-0.4, -0.2) is 30.1 Å². The summed E-state index contributed by atoms with van der Waals surface area (Å²) in [6, 6.07) is 1.42. The monoisotopic (exact) mass is 236 g/mol. The topological polar surface area (TPSA) is 29.3 Å². The zero-order chi connectivity index (χ0) is 11.7. The first-order valence-electron chi connectivity index (χ1n) is 7.84. The van der Waals surface area contributed by atoms with Crippen molar-refractivity contribution in [3.63, 3.8) is 0 Å². The molecule has 1 heterocycles. The zero-order valence-corrected chi connectivity index (χ0v) is 11.1. The third-order valence-corrected chi connectivity index (χ3v) is 5.56. The molecule has 2 heteroatoms. The first-order chi connectivity index (χ1) is 8.34. The van der Waals surface area contributed by atoms with Crippen LogP contribution in [0.25, 0.3) is 0 Å². The smallest absolute Gasteiger partial charge is 0.0124 e. The van der Waals surface area contributed by atoms with Gasteiger partial charge in [0.25, 0.3) is 0 Å². The minimum atomic E-state index is 0.492.